The monoisotopic (exact) mass is 357 g/mol. The fraction of sp³-hybridized carbons (Fsp3) is 0.750. The van der Waals surface area contributed by atoms with Gasteiger partial charge >= 0.3 is 6.18 Å². The second-order valence-corrected chi connectivity index (χ2v) is 5.38. The Bertz CT molecular complexity index is 434. The predicted octanol–water partition coefficient (Wildman–Crippen LogP) is 2.81. The molecule has 1 aromatic heterocycles. The van der Waals surface area contributed by atoms with E-state index in [0.717, 1.165) is 22.4 Å². The van der Waals surface area contributed by atoms with Crippen molar-refractivity contribution in [2.24, 2.45) is 5.73 Å². The smallest absolute Gasteiger partial charge is 0.372 e. The van der Waals surface area contributed by atoms with Crippen molar-refractivity contribution in [1.82, 2.24) is 9.78 Å². The first-order chi connectivity index (χ1) is 9.24. The molecule has 0 aliphatic carbocycles. The molecule has 0 bridgehead atoms. The van der Waals surface area contributed by atoms with Gasteiger partial charge in [0.2, 0.25) is 0 Å². The number of halogens is 4. The van der Waals surface area contributed by atoms with E-state index in [1.165, 1.54) is 0 Å². The Labute approximate surface area is 124 Å². The number of aromatic nitrogens is 2. The zero-order valence-corrected chi connectivity index (χ0v) is 13.1. The van der Waals surface area contributed by atoms with E-state index in [4.69, 9.17) is 5.73 Å². The highest BCUT2D eigenvalue weighted by atomic mass is 79.9. The Morgan fingerprint density at radius 3 is 2.65 bits per heavy atom. The molecule has 1 heterocycles. The lowest BCUT2D eigenvalue weighted by molar-refractivity contribution is -0.174. The van der Waals surface area contributed by atoms with Gasteiger partial charge in [-0.1, -0.05) is 0 Å². The zero-order valence-electron chi connectivity index (χ0n) is 11.5. The molecule has 0 aliphatic heterocycles. The van der Waals surface area contributed by atoms with Crippen LogP contribution in [0.25, 0.3) is 0 Å². The van der Waals surface area contributed by atoms with E-state index in [9.17, 15) is 13.2 Å². The van der Waals surface area contributed by atoms with Crippen LogP contribution >= 0.6 is 15.9 Å². The maximum absolute atomic E-state index is 11.9. The van der Waals surface area contributed by atoms with Crippen LogP contribution in [0, 0.1) is 6.92 Å². The topological polar surface area (TPSA) is 53.1 Å². The highest BCUT2D eigenvalue weighted by Crippen LogP contribution is 2.22. The molecule has 116 valence electrons. The number of nitrogens with zero attached hydrogens (tertiary/aromatic N) is 2. The van der Waals surface area contributed by atoms with Crippen molar-refractivity contribution in [3.63, 3.8) is 0 Å². The number of hydrogen-bond donors (Lipinski definition) is 1. The summed E-state index contributed by atoms with van der Waals surface area (Å²) < 4.78 is 43.0. The average molecular weight is 358 g/mol. The quantitative estimate of drug-likeness (QED) is 0.763. The zero-order chi connectivity index (χ0) is 15.3. The van der Waals surface area contributed by atoms with Crippen LogP contribution in [0.15, 0.2) is 4.47 Å². The Kier molecular flexibility index (Phi) is 6.47. The van der Waals surface area contributed by atoms with Gasteiger partial charge in [-0.05, 0) is 36.2 Å². The largest absolute Gasteiger partial charge is 0.411 e. The van der Waals surface area contributed by atoms with Crippen LogP contribution in [0.1, 0.15) is 24.7 Å². The minimum Gasteiger partial charge on any atom is -0.372 e. The lowest BCUT2D eigenvalue weighted by Gasteiger charge is -2.14. The molecule has 0 saturated heterocycles. The number of nitrogens with two attached hydrogens (primary N) is 1. The summed E-state index contributed by atoms with van der Waals surface area (Å²) in [5.74, 6) is 0. The van der Waals surface area contributed by atoms with Crippen molar-refractivity contribution in [3.05, 3.63) is 15.9 Å². The first-order valence-corrected chi connectivity index (χ1v) is 7.15. The summed E-state index contributed by atoms with van der Waals surface area (Å²) in [6.45, 7) is 3.35. The lowest BCUT2D eigenvalue weighted by Crippen LogP contribution is -2.27. The first-order valence-electron chi connectivity index (χ1n) is 6.36. The van der Waals surface area contributed by atoms with Crippen molar-refractivity contribution in [2.45, 2.75) is 45.5 Å². The van der Waals surface area contributed by atoms with Crippen molar-refractivity contribution in [2.75, 3.05) is 13.2 Å². The molecule has 0 radical (unpaired) electrons. The molecule has 0 spiro atoms. The van der Waals surface area contributed by atoms with Crippen molar-refractivity contribution >= 4 is 15.9 Å². The summed E-state index contributed by atoms with van der Waals surface area (Å²) in [5, 5.41) is 4.34. The maximum Gasteiger partial charge on any atom is 0.411 e. The number of ether oxygens (including phenoxy) is 1. The summed E-state index contributed by atoms with van der Waals surface area (Å²) in [5.41, 5.74) is 7.78. The number of rotatable bonds is 7. The summed E-state index contributed by atoms with van der Waals surface area (Å²) in [7, 11) is 0. The van der Waals surface area contributed by atoms with Crippen LogP contribution in [0.3, 0.4) is 0 Å². The second kappa shape index (κ2) is 7.42. The Morgan fingerprint density at radius 1 is 1.45 bits per heavy atom. The Morgan fingerprint density at radius 2 is 2.10 bits per heavy atom. The maximum atomic E-state index is 11.9. The van der Waals surface area contributed by atoms with Gasteiger partial charge in [-0.15, -0.1) is 0 Å². The molecular weight excluding hydrogens is 339 g/mol. The molecule has 0 fully saturated rings. The molecule has 0 amide bonds. The van der Waals surface area contributed by atoms with Gasteiger partial charge in [-0.25, -0.2) is 0 Å². The van der Waals surface area contributed by atoms with Gasteiger partial charge in [-0.2, -0.15) is 18.3 Å². The second-order valence-electron chi connectivity index (χ2n) is 4.58. The van der Waals surface area contributed by atoms with Crippen LogP contribution in [0.4, 0.5) is 13.2 Å². The molecule has 0 saturated carbocycles. The standard InChI is InChI=1S/C12H19BrF3N3O/c1-3-19-10(11(13)8(2)18-19)6-9(17)4-5-20-7-12(14,15)16/h9H,3-7,17H2,1-2H3. The van der Waals surface area contributed by atoms with Gasteiger partial charge < -0.3 is 10.5 Å². The van der Waals surface area contributed by atoms with Crippen LogP contribution in [-0.4, -0.2) is 35.2 Å². The third-order valence-corrected chi connectivity index (χ3v) is 3.84. The molecule has 1 atom stereocenters. The average Bonchev–Trinajstić information content (AvgIpc) is 2.61. The fourth-order valence-corrected chi connectivity index (χ4v) is 2.28. The predicted molar refractivity (Wildman–Crippen MR) is 73.5 cm³/mol. The van der Waals surface area contributed by atoms with Gasteiger partial charge in [-0.3, -0.25) is 4.68 Å². The van der Waals surface area contributed by atoms with E-state index in [-0.39, 0.29) is 12.6 Å². The molecule has 0 aromatic carbocycles. The van der Waals surface area contributed by atoms with E-state index >= 15 is 0 Å². The molecule has 0 aliphatic rings. The van der Waals surface area contributed by atoms with E-state index in [1.807, 2.05) is 18.5 Å². The van der Waals surface area contributed by atoms with Crippen LogP contribution in [-0.2, 0) is 17.7 Å². The van der Waals surface area contributed by atoms with E-state index in [0.29, 0.717) is 12.8 Å². The molecule has 1 aromatic rings. The highest BCUT2D eigenvalue weighted by molar-refractivity contribution is 9.10. The molecule has 1 rings (SSSR count). The molecule has 20 heavy (non-hydrogen) atoms. The molecule has 1 unspecified atom stereocenters. The van der Waals surface area contributed by atoms with Gasteiger partial charge in [0.1, 0.15) is 6.61 Å². The minimum absolute atomic E-state index is 0.00244. The third kappa shape index (κ3) is 5.41. The molecule has 2 N–H and O–H groups in total. The molecular formula is C12H19BrF3N3O. The van der Waals surface area contributed by atoms with E-state index < -0.39 is 12.8 Å². The van der Waals surface area contributed by atoms with Crippen LogP contribution < -0.4 is 5.73 Å². The van der Waals surface area contributed by atoms with Gasteiger partial charge in [0.05, 0.1) is 15.9 Å². The molecule has 8 heteroatoms. The lowest BCUT2D eigenvalue weighted by atomic mass is 10.1. The number of aryl methyl sites for hydroxylation is 2. The Balaban J connectivity index is 2.45. The summed E-state index contributed by atoms with van der Waals surface area (Å²) in [6.07, 6.45) is -3.37. The molecule has 4 nitrogen and oxygen atoms in total. The first kappa shape index (κ1) is 17.5. The minimum atomic E-state index is -4.29. The summed E-state index contributed by atoms with van der Waals surface area (Å²) >= 11 is 3.46. The summed E-state index contributed by atoms with van der Waals surface area (Å²) in [4.78, 5) is 0. The van der Waals surface area contributed by atoms with Crippen LogP contribution in [0.2, 0.25) is 0 Å². The van der Waals surface area contributed by atoms with Crippen molar-refractivity contribution in [3.8, 4) is 0 Å². The normalized spacial score (nSPS) is 13.8. The highest BCUT2D eigenvalue weighted by Gasteiger charge is 2.27. The van der Waals surface area contributed by atoms with Crippen molar-refractivity contribution in [1.29, 1.82) is 0 Å². The van der Waals surface area contributed by atoms with Gasteiger partial charge in [0, 0.05) is 25.6 Å². The number of alkyl halides is 3. The fourth-order valence-electron chi connectivity index (χ4n) is 1.84. The Hall–Kier alpha value is -0.600. The van der Waals surface area contributed by atoms with E-state index in [2.05, 4.69) is 25.8 Å². The van der Waals surface area contributed by atoms with E-state index in [1.54, 1.807) is 0 Å². The van der Waals surface area contributed by atoms with Crippen LogP contribution in [0.5, 0.6) is 0 Å². The SMILES string of the molecule is CCn1nc(C)c(Br)c1CC(N)CCOCC(F)(F)F. The van der Waals surface area contributed by atoms with Crippen molar-refractivity contribution < 1.29 is 17.9 Å². The van der Waals surface area contributed by atoms with Gasteiger partial charge in [0.25, 0.3) is 0 Å². The number of hydrogen-bond acceptors (Lipinski definition) is 3. The summed E-state index contributed by atoms with van der Waals surface area (Å²) in [6, 6.07) is -0.263. The third-order valence-electron chi connectivity index (χ3n) is 2.81. The van der Waals surface area contributed by atoms with Gasteiger partial charge in [0.15, 0.2) is 0 Å².